The third-order valence-electron chi connectivity index (χ3n) is 6.07. The lowest BCUT2D eigenvalue weighted by Gasteiger charge is -2.36. The lowest BCUT2D eigenvalue weighted by atomic mass is 10.1. The third-order valence-corrected chi connectivity index (χ3v) is 6.07. The third kappa shape index (κ3) is 4.79. The first-order valence-corrected chi connectivity index (χ1v) is 11.3. The molecule has 2 aliphatic heterocycles. The number of nitrogens with zero attached hydrogens (tertiary/aromatic N) is 3. The molecule has 186 valence electrons. The predicted octanol–water partition coefficient (Wildman–Crippen LogP) is 5.75. The molecule has 3 aromatic carbocycles. The number of rotatable bonds is 2. The van der Waals surface area contributed by atoms with Crippen molar-refractivity contribution in [2.24, 2.45) is 4.99 Å². The van der Waals surface area contributed by atoms with Crippen LogP contribution in [0.4, 0.5) is 29.3 Å². The van der Waals surface area contributed by atoms with Gasteiger partial charge < -0.3 is 24.6 Å². The number of hydrogen-bond donors (Lipinski definition) is 1. The van der Waals surface area contributed by atoms with Gasteiger partial charge in [0, 0.05) is 31.9 Å². The maximum atomic E-state index is 13.3. The van der Waals surface area contributed by atoms with Gasteiger partial charge in [0.15, 0.2) is 5.75 Å². The predicted molar refractivity (Wildman–Crippen MR) is 129 cm³/mol. The molecule has 5 rings (SSSR count). The molecule has 1 fully saturated rings. The van der Waals surface area contributed by atoms with Crippen molar-refractivity contribution in [3.63, 3.8) is 0 Å². The highest BCUT2D eigenvalue weighted by molar-refractivity contribution is 6.04. The standard InChI is InChI=1S/C26H23F3N4O3/c1-35-19-9-7-18(8-10-19)30-25(34)33-14-12-32(13-15-33)24-20-4-2-3-5-22(20)36-23-16-17(26(27,28)29)6-11-21(23)31-24/h2-11,16H,12-15H2,1H3,(H,30,34). The number of fused-ring (bicyclic) bond motifs is 2. The first-order chi connectivity index (χ1) is 17.3. The Kier molecular flexibility index (Phi) is 6.17. The number of carbonyl (C=O) groups is 1. The summed E-state index contributed by atoms with van der Waals surface area (Å²) < 4.78 is 50.8. The number of halogens is 3. The van der Waals surface area contributed by atoms with Crippen LogP contribution in [-0.4, -0.2) is 55.0 Å². The molecule has 2 heterocycles. The summed E-state index contributed by atoms with van der Waals surface area (Å²) in [5, 5.41) is 2.88. The van der Waals surface area contributed by atoms with Gasteiger partial charge in [0.1, 0.15) is 23.0 Å². The van der Waals surface area contributed by atoms with Gasteiger partial charge in [0.2, 0.25) is 0 Å². The van der Waals surface area contributed by atoms with Crippen molar-refractivity contribution < 1.29 is 27.4 Å². The number of urea groups is 1. The van der Waals surface area contributed by atoms with Gasteiger partial charge in [-0.2, -0.15) is 13.2 Å². The second-order valence-electron chi connectivity index (χ2n) is 8.35. The molecule has 7 nitrogen and oxygen atoms in total. The minimum absolute atomic E-state index is 0.0461. The largest absolute Gasteiger partial charge is 0.497 e. The zero-order valence-corrected chi connectivity index (χ0v) is 19.4. The van der Waals surface area contributed by atoms with Crippen LogP contribution in [0.2, 0.25) is 0 Å². The van der Waals surface area contributed by atoms with Gasteiger partial charge in [-0.3, -0.25) is 0 Å². The van der Waals surface area contributed by atoms with Crippen LogP contribution in [0.3, 0.4) is 0 Å². The molecule has 0 saturated carbocycles. The molecule has 10 heteroatoms. The molecule has 1 saturated heterocycles. The van der Waals surface area contributed by atoms with Gasteiger partial charge in [0.25, 0.3) is 0 Å². The van der Waals surface area contributed by atoms with E-state index in [2.05, 4.69) is 5.32 Å². The lowest BCUT2D eigenvalue weighted by Crippen LogP contribution is -2.51. The topological polar surface area (TPSA) is 66.4 Å². The Balaban J connectivity index is 1.34. The Labute approximate surface area is 205 Å². The number of piperazine rings is 1. The highest BCUT2D eigenvalue weighted by atomic mass is 19.4. The number of amidine groups is 1. The van der Waals surface area contributed by atoms with Crippen LogP contribution in [0, 0.1) is 0 Å². The summed E-state index contributed by atoms with van der Waals surface area (Å²) in [5.41, 5.74) is 0.860. The van der Waals surface area contributed by atoms with Crippen molar-refractivity contribution in [3.05, 3.63) is 77.9 Å². The number of para-hydroxylation sites is 1. The van der Waals surface area contributed by atoms with E-state index in [1.165, 1.54) is 6.07 Å². The van der Waals surface area contributed by atoms with Crippen LogP contribution in [0.5, 0.6) is 17.2 Å². The van der Waals surface area contributed by atoms with Crippen molar-refractivity contribution in [3.8, 4) is 17.2 Å². The molecular weight excluding hydrogens is 473 g/mol. The molecule has 0 spiro atoms. The summed E-state index contributed by atoms with van der Waals surface area (Å²) in [6.07, 6.45) is -4.49. The van der Waals surface area contributed by atoms with Crippen molar-refractivity contribution in [2.45, 2.75) is 6.18 Å². The molecule has 36 heavy (non-hydrogen) atoms. The van der Waals surface area contributed by atoms with E-state index in [1.54, 1.807) is 48.4 Å². The Hall–Kier alpha value is -4.21. The maximum Gasteiger partial charge on any atom is 0.416 e. The van der Waals surface area contributed by atoms with Crippen LogP contribution >= 0.6 is 0 Å². The summed E-state index contributed by atoms with van der Waals surface area (Å²) in [6.45, 7) is 1.89. The van der Waals surface area contributed by atoms with Crippen LogP contribution in [0.25, 0.3) is 0 Å². The number of aliphatic imine (C=N–C) groups is 1. The normalized spacial score (nSPS) is 15.2. The number of ether oxygens (including phenoxy) is 2. The highest BCUT2D eigenvalue weighted by Crippen LogP contribution is 2.41. The van der Waals surface area contributed by atoms with Crippen molar-refractivity contribution in [2.75, 3.05) is 38.6 Å². The highest BCUT2D eigenvalue weighted by Gasteiger charge is 2.33. The molecule has 0 bridgehead atoms. The van der Waals surface area contributed by atoms with E-state index in [4.69, 9.17) is 14.5 Å². The second-order valence-corrected chi connectivity index (χ2v) is 8.35. The summed E-state index contributed by atoms with van der Waals surface area (Å²) in [5.74, 6) is 1.77. The summed E-state index contributed by atoms with van der Waals surface area (Å²) in [4.78, 5) is 21.2. The number of benzene rings is 3. The minimum Gasteiger partial charge on any atom is -0.497 e. The van der Waals surface area contributed by atoms with Crippen molar-refractivity contribution in [1.82, 2.24) is 9.80 Å². The van der Waals surface area contributed by atoms with Crippen molar-refractivity contribution in [1.29, 1.82) is 0 Å². The van der Waals surface area contributed by atoms with E-state index in [-0.39, 0.29) is 11.8 Å². The van der Waals surface area contributed by atoms with Crippen LogP contribution in [0.15, 0.2) is 71.7 Å². The van der Waals surface area contributed by atoms with E-state index in [0.29, 0.717) is 60.5 Å². The smallest absolute Gasteiger partial charge is 0.416 e. The number of alkyl halides is 3. The van der Waals surface area contributed by atoms with Gasteiger partial charge in [-0.05, 0) is 54.6 Å². The number of nitrogens with one attached hydrogen (secondary N) is 1. The van der Waals surface area contributed by atoms with Crippen LogP contribution in [0.1, 0.15) is 11.1 Å². The van der Waals surface area contributed by atoms with Crippen molar-refractivity contribution >= 4 is 23.2 Å². The number of hydrogen-bond acceptors (Lipinski definition) is 5. The van der Waals surface area contributed by atoms with Crippen LogP contribution < -0.4 is 14.8 Å². The number of methoxy groups -OCH3 is 1. The maximum absolute atomic E-state index is 13.3. The molecule has 1 N–H and O–H groups in total. The van der Waals surface area contributed by atoms with Gasteiger partial charge >= 0.3 is 12.2 Å². The number of carbonyl (C=O) groups excluding carboxylic acids is 1. The molecule has 3 aromatic rings. The van der Waals surface area contributed by atoms with Gasteiger partial charge in [0.05, 0.1) is 18.2 Å². The molecule has 0 aliphatic carbocycles. The zero-order valence-electron chi connectivity index (χ0n) is 19.4. The van der Waals surface area contributed by atoms with E-state index in [1.807, 2.05) is 17.0 Å². The van der Waals surface area contributed by atoms with E-state index < -0.39 is 11.7 Å². The molecule has 0 unspecified atom stereocenters. The summed E-state index contributed by atoms with van der Waals surface area (Å²) in [6, 6.07) is 17.3. The first kappa shape index (κ1) is 23.5. The van der Waals surface area contributed by atoms with Crippen LogP contribution in [-0.2, 0) is 6.18 Å². The average Bonchev–Trinajstić information content (AvgIpc) is 3.05. The second kappa shape index (κ2) is 9.44. The quantitative estimate of drug-likeness (QED) is 0.491. The fraction of sp³-hybridized carbons (Fsp3) is 0.231. The molecule has 0 radical (unpaired) electrons. The molecule has 2 aliphatic rings. The molecule has 2 amide bonds. The summed E-state index contributed by atoms with van der Waals surface area (Å²) in [7, 11) is 1.58. The van der Waals surface area contributed by atoms with E-state index >= 15 is 0 Å². The number of anilines is 1. The molecule has 0 aromatic heterocycles. The minimum atomic E-state index is -4.49. The first-order valence-electron chi connectivity index (χ1n) is 11.3. The molecule has 0 atom stereocenters. The summed E-state index contributed by atoms with van der Waals surface area (Å²) >= 11 is 0. The molecular formula is C26H23F3N4O3. The number of amides is 2. The van der Waals surface area contributed by atoms with E-state index in [0.717, 1.165) is 12.1 Å². The van der Waals surface area contributed by atoms with Gasteiger partial charge in [-0.15, -0.1) is 0 Å². The van der Waals surface area contributed by atoms with Gasteiger partial charge in [-0.25, -0.2) is 9.79 Å². The average molecular weight is 496 g/mol. The van der Waals surface area contributed by atoms with E-state index in [9.17, 15) is 18.0 Å². The Morgan fingerprint density at radius 1 is 0.972 bits per heavy atom. The monoisotopic (exact) mass is 496 g/mol. The zero-order chi connectivity index (χ0) is 25.3. The Morgan fingerprint density at radius 2 is 1.69 bits per heavy atom. The fourth-order valence-electron chi connectivity index (χ4n) is 4.14. The fourth-order valence-corrected chi connectivity index (χ4v) is 4.14. The SMILES string of the molecule is COc1ccc(NC(=O)N2CCN(C3=Nc4ccc(C(F)(F)F)cc4Oc4ccccc43)CC2)cc1. The lowest BCUT2D eigenvalue weighted by molar-refractivity contribution is -0.137. The van der Waals surface area contributed by atoms with Gasteiger partial charge in [-0.1, -0.05) is 12.1 Å². The Bertz CT molecular complexity index is 1300. The Morgan fingerprint density at radius 3 is 2.39 bits per heavy atom.